The number of rotatable bonds is 8. The molecule has 0 bridgehead atoms. The SMILES string of the molecule is C=C(C)CN=C(N)NCCCN(CC)c1ccccc1. The second-order valence-corrected chi connectivity index (χ2v) is 4.85. The highest BCUT2D eigenvalue weighted by molar-refractivity contribution is 5.77. The van der Waals surface area contributed by atoms with Crippen LogP contribution >= 0.6 is 0 Å². The summed E-state index contributed by atoms with van der Waals surface area (Å²) in [4.78, 5) is 6.54. The van der Waals surface area contributed by atoms with Crippen LogP contribution in [0.2, 0.25) is 0 Å². The maximum absolute atomic E-state index is 5.77. The van der Waals surface area contributed by atoms with Crippen molar-refractivity contribution >= 4 is 11.6 Å². The van der Waals surface area contributed by atoms with E-state index in [4.69, 9.17) is 5.73 Å². The topological polar surface area (TPSA) is 53.6 Å². The zero-order chi connectivity index (χ0) is 14.8. The van der Waals surface area contributed by atoms with Gasteiger partial charge >= 0.3 is 0 Å². The lowest BCUT2D eigenvalue weighted by Crippen LogP contribution is -2.34. The molecule has 0 aliphatic carbocycles. The second-order valence-electron chi connectivity index (χ2n) is 4.85. The third kappa shape index (κ3) is 6.27. The molecule has 1 aromatic rings. The van der Waals surface area contributed by atoms with Crippen LogP contribution < -0.4 is 16.0 Å². The number of para-hydroxylation sites is 1. The standard InChI is InChI=1S/C16H26N4/c1-4-20(15-9-6-5-7-10-15)12-8-11-18-16(17)19-13-14(2)3/h5-7,9-10H,2,4,8,11-13H2,1,3H3,(H3,17,18,19). The van der Waals surface area contributed by atoms with Crippen molar-refractivity contribution in [1.29, 1.82) is 0 Å². The Morgan fingerprint density at radius 1 is 1.35 bits per heavy atom. The average Bonchev–Trinajstić information content (AvgIpc) is 2.46. The molecule has 1 aromatic carbocycles. The molecule has 3 N–H and O–H groups in total. The van der Waals surface area contributed by atoms with Crippen LogP contribution in [0.15, 0.2) is 47.5 Å². The Hall–Kier alpha value is -1.97. The molecule has 0 aliphatic rings. The Bertz CT molecular complexity index is 425. The summed E-state index contributed by atoms with van der Waals surface area (Å²) in [7, 11) is 0. The highest BCUT2D eigenvalue weighted by Gasteiger charge is 2.02. The van der Waals surface area contributed by atoms with Crippen LogP contribution in [0.25, 0.3) is 0 Å². The van der Waals surface area contributed by atoms with Gasteiger partial charge in [0.2, 0.25) is 0 Å². The summed E-state index contributed by atoms with van der Waals surface area (Å²) in [6.07, 6.45) is 1.02. The van der Waals surface area contributed by atoms with Crippen LogP contribution in [-0.2, 0) is 0 Å². The van der Waals surface area contributed by atoms with Crippen LogP contribution in [0, 0.1) is 0 Å². The minimum absolute atomic E-state index is 0.496. The summed E-state index contributed by atoms with van der Waals surface area (Å²) in [6.45, 7) is 11.3. The van der Waals surface area contributed by atoms with Crippen LogP contribution in [0.1, 0.15) is 20.3 Å². The summed E-state index contributed by atoms with van der Waals surface area (Å²) in [5, 5.41) is 3.13. The first-order valence-corrected chi connectivity index (χ1v) is 7.11. The Morgan fingerprint density at radius 3 is 2.65 bits per heavy atom. The third-order valence-electron chi connectivity index (χ3n) is 2.93. The fraction of sp³-hybridized carbons (Fsp3) is 0.438. The van der Waals surface area contributed by atoms with Crippen molar-refractivity contribution < 1.29 is 0 Å². The molecule has 110 valence electrons. The number of guanidine groups is 1. The van der Waals surface area contributed by atoms with Gasteiger partial charge in [0.05, 0.1) is 6.54 Å². The van der Waals surface area contributed by atoms with Gasteiger partial charge in [-0.3, -0.25) is 0 Å². The Labute approximate surface area is 122 Å². The quantitative estimate of drug-likeness (QED) is 0.331. The van der Waals surface area contributed by atoms with Crippen LogP contribution in [0.5, 0.6) is 0 Å². The summed E-state index contributed by atoms with van der Waals surface area (Å²) < 4.78 is 0. The number of aliphatic imine (C=N–C) groups is 1. The summed E-state index contributed by atoms with van der Waals surface area (Å²) >= 11 is 0. The molecule has 0 saturated heterocycles. The van der Waals surface area contributed by atoms with E-state index >= 15 is 0 Å². The molecule has 0 atom stereocenters. The molecule has 4 heteroatoms. The average molecular weight is 274 g/mol. The number of hydrogen-bond donors (Lipinski definition) is 2. The molecule has 0 saturated carbocycles. The molecule has 4 nitrogen and oxygen atoms in total. The number of nitrogens with one attached hydrogen (secondary N) is 1. The van der Waals surface area contributed by atoms with Crippen molar-refractivity contribution in [3.05, 3.63) is 42.5 Å². The van der Waals surface area contributed by atoms with Gasteiger partial charge in [-0.1, -0.05) is 30.4 Å². The predicted molar refractivity (Wildman–Crippen MR) is 88.3 cm³/mol. The lowest BCUT2D eigenvalue weighted by molar-refractivity contribution is 0.721. The Kier molecular flexibility index (Phi) is 7.25. The van der Waals surface area contributed by atoms with E-state index in [0.717, 1.165) is 31.6 Å². The molecule has 0 amide bonds. The van der Waals surface area contributed by atoms with Gasteiger partial charge in [-0.05, 0) is 32.4 Å². The highest BCUT2D eigenvalue weighted by Crippen LogP contribution is 2.12. The summed E-state index contributed by atoms with van der Waals surface area (Å²) in [5.41, 5.74) is 8.04. The largest absolute Gasteiger partial charge is 0.372 e. The second kappa shape index (κ2) is 9.02. The van der Waals surface area contributed by atoms with E-state index in [-0.39, 0.29) is 0 Å². The third-order valence-corrected chi connectivity index (χ3v) is 2.93. The van der Waals surface area contributed by atoms with E-state index in [1.54, 1.807) is 0 Å². The van der Waals surface area contributed by atoms with E-state index in [0.29, 0.717) is 12.5 Å². The first kappa shape index (κ1) is 16.1. The molecule has 0 radical (unpaired) electrons. The molecule has 1 rings (SSSR count). The van der Waals surface area contributed by atoms with Crippen molar-refractivity contribution in [3.63, 3.8) is 0 Å². The molecule has 20 heavy (non-hydrogen) atoms. The minimum Gasteiger partial charge on any atom is -0.372 e. The molecule has 0 unspecified atom stereocenters. The van der Waals surface area contributed by atoms with Crippen molar-refractivity contribution in [1.82, 2.24) is 5.32 Å². The molecule has 0 aromatic heterocycles. The van der Waals surface area contributed by atoms with Crippen LogP contribution in [-0.4, -0.2) is 32.1 Å². The lowest BCUT2D eigenvalue weighted by Gasteiger charge is -2.23. The zero-order valence-electron chi connectivity index (χ0n) is 12.6. The van der Waals surface area contributed by atoms with Gasteiger partial charge in [0.25, 0.3) is 0 Å². The van der Waals surface area contributed by atoms with E-state index in [2.05, 4.69) is 53.0 Å². The van der Waals surface area contributed by atoms with Crippen molar-refractivity contribution in [2.45, 2.75) is 20.3 Å². The first-order valence-electron chi connectivity index (χ1n) is 7.11. The van der Waals surface area contributed by atoms with E-state index < -0.39 is 0 Å². The molecule has 0 heterocycles. The van der Waals surface area contributed by atoms with Crippen LogP contribution in [0.3, 0.4) is 0 Å². The van der Waals surface area contributed by atoms with Gasteiger partial charge in [-0.15, -0.1) is 0 Å². The van der Waals surface area contributed by atoms with Gasteiger partial charge in [-0.2, -0.15) is 0 Å². The fourth-order valence-electron chi connectivity index (χ4n) is 1.87. The zero-order valence-corrected chi connectivity index (χ0v) is 12.6. The van der Waals surface area contributed by atoms with E-state index in [1.807, 2.05) is 13.0 Å². The van der Waals surface area contributed by atoms with Crippen LogP contribution in [0.4, 0.5) is 5.69 Å². The van der Waals surface area contributed by atoms with Gasteiger partial charge in [-0.25, -0.2) is 4.99 Å². The molecular weight excluding hydrogens is 248 g/mol. The minimum atomic E-state index is 0.496. The van der Waals surface area contributed by atoms with Gasteiger partial charge in [0.1, 0.15) is 0 Å². The normalized spacial score (nSPS) is 11.2. The predicted octanol–water partition coefficient (Wildman–Crippen LogP) is 2.38. The summed E-state index contributed by atoms with van der Waals surface area (Å²) in [5.74, 6) is 0.496. The number of benzene rings is 1. The maximum Gasteiger partial charge on any atom is 0.188 e. The fourth-order valence-corrected chi connectivity index (χ4v) is 1.87. The highest BCUT2D eigenvalue weighted by atomic mass is 15.1. The smallest absolute Gasteiger partial charge is 0.188 e. The van der Waals surface area contributed by atoms with E-state index in [9.17, 15) is 0 Å². The van der Waals surface area contributed by atoms with Gasteiger partial charge in [0, 0.05) is 25.3 Å². The summed E-state index contributed by atoms with van der Waals surface area (Å²) in [6, 6.07) is 10.5. The van der Waals surface area contributed by atoms with Crippen molar-refractivity contribution in [2.75, 3.05) is 31.1 Å². The lowest BCUT2D eigenvalue weighted by atomic mass is 10.2. The number of nitrogens with zero attached hydrogens (tertiary/aromatic N) is 2. The molecule has 0 fully saturated rings. The Balaban J connectivity index is 2.29. The van der Waals surface area contributed by atoms with Gasteiger partial charge < -0.3 is 16.0 Å². The van der Waals surface area contributed by atoms with Crippen molar-refractivity contribution in [2.24, 2.45) is 10.7 Å². The monoisotopic (exact) mass is 274 g/mol. The molecule has 0 spiro atoms. The Morgan fingerprint density at radius 2 is 2.05 bits per heavy atom. The molecule has 0 aliphatic heterocycles. The maximum atomic E-state index is 5.77. The van der Waals surface area contributed by atoms with Crippen molar-refractivity contribution in [3.8, 4) is 0 Å². The van der Waals surface area contributed by atoms with E-state index in [1.165, 1.54) is 5.69 Å². The molecular formula is C16H26N4. The van der Waals surface area contributed by atoms with Gasteiger partial charge in [0.15, 0.2) is 5.96 Å². The number of hydrogen-bond acceptors (Lipinski definition) is 2. The number of anilines is 1. The first-order chi connectivity index (χ1) is 9.63. The number of nitrogens with two attached hydrogens (primary N) is 1.